The van der Waals surface area contributed by atoms with Gasteiger partial charge in [-0.1, -0.05) is 25.0 Å². The Bertz CT molecular complexity index is 334. The molecule has 1 aliphatic carbocycles. The van der Waals surface area contributed by atoms with Crippen LogP contribution in [0.5, 0.6) is 0 Å². The van der Waals surface area contributed by atoms with Crippen molar-refractivity contribution in [1.82, 2.24) is 0 Å². The predicted molar refractivity (Wildman–Crippen MR) is 64.4 cm³/mol. The van der Waals surface area contributed by atoms with Gasteiger partial charge in [0.25, 0.3) is 0 Å². The first-order valence-corrected chi connectivity index (χ1v) is 6.46. The van der Waals surface area contributed by atoms with E-state index in [1.807, 2.05) is 23.9 Å². The lowest BCUT2D eigenvalue weighted by Crippen LogP contribution is -1.99. The second-order valence-corrected chi connectivity index (χ2v) is 5.33. The molecule has 0 spiro atoms. The molecule has 1 nitrogen and oxygen atoms in total. The first-order chi connectivity index (χ1) is 7.27. The third kappa shape index (κ3) is 2.65. The molecular formula is C12H16FNS. The van der Waals surface area contributed by atoms with Gasteiger partial charge in [0.05, 0.1) is 5.69 Å². The van der Waals surface area contributed by atoms with Gasteiger partial charge in [-0.3, -0.25) is 0 Å². The molecule has 15 heavy (non-hydrogen) atoms. The third-order valence-electron chi connectivity index (χ3n) is 2.89. The number of thioether (sulfide) groups is 1. The molecule has 0 bridgehead atoms. The maximum atomic E-state index is 13.5. The van der Waals surface area contributed by atoms with Crippen LogP contribution in [0.25, 0.3) is 0 Å². The molecule has 2 rings (SSSR count). The lowest BCUT2D eigenvalue weighted by atomic mass is 10.2. The molecule has 0 aromatic heterocycles. The van der Waals surface area contributed by atoms with E-state index in [0.29, 0.717) is 0 Å². The summed E-state index contributed by atoms with van der Waals surface area (Å²) in [6.45, 7) is 0. The molecular weight excluding hydrogens is 209 g/mol. The molecule has 2 N–H and O–H groups in total. The van der Waals surface area contributed by atoms with Crippen molar-refractivity contribution in [2.45, 2.75) is 36.7 Å². The number of nitrogens with two attached hydrogens (primary N) is 1. The topological polar surface area (TPSA) is 26.0 Å². The maximum Gasteiger partial charge on any atom is 0.150 e. The Morgan fingerprint density at radius 2 is 2.07 bits per heavy atom. The van der Waals surface area contributed by atoms with E-state index in [-0.39, 0.29) is 11.5 Å². The van der Waals surface area contributed by atoms with E-state index in [0.717, 1.165) is 16.6 Å². The number of hydrogen-bond acceptors (Lipinski definition) is 2. The van der Waals surface area contributed by atoms with Gasteiger partial charge in [-0.25, -0.2) is 4.39 Å². The molecule has 1 saturated carbocycles. The zero-order valence-corrected chi connectivity index (χ0v) is 9.52. The highest BCUT2D eigenvalue weighted by Crippen LogP contribution is 2.32. The van der Waals surface area contributed by atoms with Crippen LogP contribution in [0.1, 0.15) is 31.2 Å². The molecule has 3 heteroatoms. The number of rotatable bonds is 3. The largest absolute Gasteiger partial charge is 0.396 e. The first-order valence-electron chi connectivity index (χ1n) is 5.42. The summed E-state index contributed by atoms with van der Waals surface area (Å²) >= 11 is 1.86. The SMILES string of the molecule is Nc1cccc(CSC2CCCC2)c1F. The van der Waals surface area contributed by atoms with E-state index in [4.69, 9.17) is 5.73 Å². The van der Waals surface area contributed by atoms with Crippen LogP contribution in [0.2, 0.25) is 0 Å². The van der Waals surface area contributed by atoms with E-state index in [9.17, 15) is 4.39 Å². The second-order valence-electron chi connectivity index (χ2n) is 4.04. The molecule has 0 aliphatic heterocycles. The molecule has 82 valence electrons. The fraction of sp³-hybridized carbons (Fsp3) is 0.500. The molecule has 0 heterocycles. The van der Waals surface area contributed by atoms with Crippen molar-refractivity contribution in [2.75, 3.05) is 5.73 Å². The minimum absolute atomic E-state index is 0.233. The van der Waals surface area contributed by atoms with E-state index < -0.39 is 0 Å². The monoisotopic (exact) mass is 225 g/mol. The summed E-state index contributed by atoms with van der Waals surface area (Å²) < 4.78 is 13.5. The van der Waals surface area contributed by atoms with Gasteiger partial charge >= 0.3 is 0 Å². The van der Waals surface area contributed by atoms with Gasteiger partial charge in [-0.15, -0.1) is 0 Å². The van der Waals surface area contributed by atoms with Crippen LogP contribution >= 0.6 is 11.8 Å². The molecule has 1 fully saturated rings. The molecule has 1 aliphatic rings. The van der Waals surface area contributed by atoms with Crippen molar-refractivity contribution in [3.63, 3.8) is 0 Å². The molecule has 0 radical (unpaired) electrons. The fourth-order valence-electron chi connectivity index (χ4n) is 1.97. The van der Waals surface area contributed by atoms with Gasteiger partial charge in [0.2, 0.25) is 0 Å². The van der Waals surface area contributed by atoms with E-state index in [1.54, 1.807) is 6.07 Å². The summed E-state index contributed by atoms with van der Waals surface area (Å²) in [7, 11) is 0. The molecule has 0 amide bonds. The standard InChI is InChI=1S/C12H16FNS/c13-12-9(4-3-7-11(12)14)8-15-10-5-1-2-6-10/h3-4,7,10H,1-2,5-6,8,14H2. The number of benzene rings is 1. The zero-order valence-electron chi connectivity index (χ0n) is 8.71. The number of anilines is 1. The Morgan fingerprint density at radius 3 is 2.80 bits per heavy atom. The molecule has 0 atom stereocenters. The Balaban J connectivity index is 1.95. The average molecular weight is 225 g/mol. The summed E-state index contributed by atoms with van der Waals surface area (Å²) in [5.74, 6) is 0.518. The lowest BCUT2D eigenvalue weighted by molar-refractivity contribution is 0.622. The molecule has 1 aromatic rings. The summed E-state index contributed by atoms with van der Waals surface area (Å²) in [4.78, 5) is 0. The van der Waals surface area contributed by atoms with Crippen LogP contribution in [0, 0.1) is 5.82 Å². The Hall–Kier alpha value is -0.700. The number of hydrogen-bond donors (Lipinski definition) is 1. The summed E-state index contributed by atoms with van der Waals surface area (Å²) in [5.41, 5.74) is 6.53. The molecule has 0 unspecified atom stereocenters. The summed E-state index contributed by atoms with van der Waals surface area (Å²) in [5, 5.41) is 0.728. The predicted octanol–water partition coefficient (Wildman–Crippen LogP) is 3.58. The Labute approximate surface area is 94.2 Å². The van der Waals surface area contributed by atoms with Gasteiger partial charge in [0, 0.05) is 11.0 Å². The Kier molecular flexibility index (Phi) is 3.52. The number of halogens is 1. The van der Waals surface area contributed by atoms with Crippen LogP contribution in [0.3, 0.4) is 0 Å². The first kappa shape index (κ1) is 10.8. The minimum atomic E-state index is -0.233. The Morgan fingerprint density at radius 1 is 1.33 bits per heavy atom. The van der Waals surface area contributed by atoms with Gasteiger partial charge in [-0.2, -0.15) is 11.8 Å². The van der Waals surface area contributed by atoms with Gasteiger partial charge in [-0.05, 0) is 24.5 Å². The van der Waals surface area contributed by atoms with E-state index >= 15 is 0 Å². The third-order valence-corrected chi connectivity index (χ3v) is 4.31. The van der Waals surface area contributed by atoms with Crippen LogP contribution < -0.4 is 5.73 Å². The normalized spacial score (nSPS) is 17.1. The zero-order chi connectivity index (χ0) is 10.7. The van der Waals surface area contributed by atoms with Gasteiger partial charge < -0.3 is 5.73 Å². The van der Waals surface area contributed by atoms with Crippen LogP contribution in [0.4, 0.5) is 10.1 Å². The average Bonchev–Trinajstić information content (AvgIpc) is 2.73. The summed E-state index contributed by atoms with van der Waals surface area (Å²) in [6.07, 6.45) is 5.23. The maximum absolute atomic E-state index is 13.5. The van der Waals surface area contributed by atoms with Gasteiger partial charge in [0.15, 0.2) is 0 Å². The smallest absolute Gasteiger partial charge is 0.150 e. The van der Waals surface area contributed by atoms with Crippen molar-refractivity contribution >= 4 is 17.4 Å². The minimum Gasteiger partial charge on any atom is -0.396 e. The van der Waals surface area contributed by atoms with E-state index in [2.05, 4.69) is 0 Å². The molecule has 0 saturated heterocycles. The number of nitrogen functional groups attached to an aromatic ring is 1. The van der Waals surface area contributed by atoms with Crippen molar-refractivity contribution in [2.24, 2.45) is 0 Å². The highest BCUT2D eigenvalue weighted by molar-refractivity contribution is 7.99. The molecule has 1 aromatic carbocycles. The van der Waals surface area contributed by atoms with Crippen LogP contribution in [-0.2, 0) is 5.75 Å². The second kappa shape index (κ2) is 4.88. The van der Waals surface area contributed by atoms with Gasteiger partial charge in [0.1, 0.15) is 5.82 Å². The highest BCUT2D eigenvalue weighted by Gasteiger charge is 2.16. The quantitative estimate of drug-likeness (QED) is 0.796. The van der Waals surface area contributed by atoms with E-state index in [1.165, 1.54) is 25.7 Å². The fourth-order valence-corrected chi connectivity index (χ4v) is 3.28. The highest BCUT2D eigenvalue weighted by atomic mass is 32.2. The van der Waals surface area contributed by atoms with Crippen molar-refractivity contribution in [3.05, 3.63) is 29.6 Å². The van der Waals surface area contributed by atoms with Crippen molar-refractivity contribution < 1.29 is 4.39 Å². The van der Waals surface area contributed by atoms with Crippen LogP contribution in [0.15, 0.2) is 18.2 Å². The van der Waals surface area contributed by atoms with Crippen molar-refractivity contribution in [3.8, 4) is 0 Å². The lowest BCUT2D eigenvalue weighted by Gasteiger charge is -2.09. The van der Waals surface area contributed by atoms with Crippen molar-refractivity contribution in [1.29, 1.82) is 0 Å². The summed E-state index contributed by atoms with van der Waals surface area (Å²) in [6, 6.07) is 5.26. The van der Waals surface area contributed by atoms with Crippen LogP contribution in [-0.4, -0.2) is 5.25 Å².